The van der Waals surface area contributed by atoms with E-state index in [0.717, 1.165) is 48.6 Å². The van der Waals surface area contributed by atoms with Gasteiger partial charge in [0.25, 0.3) is 5.91 Å². The third kappa shape index (κ3) is 3.70. The van der Waals surface area contributed by atoms with Crippen molar-refractivity contribution in [2.75, 3.05) is 11.4 Å². The van der Waals surface area contributed by atoms with Gasteiger partial charge in [0, 0.05) is 36.4 Å². The number of hydrogen-bond acceptors (Lipinski definition) is 4. The Hall–Kier alpha value is -3.15. The van der Waals surface area contributed by atoms with Crippen molar-refractivity contribution in [2.24, 2.45) is 0 Å². The van der Waals surface area contributed by atoms with Crippen molar-refractivity contribution < 1.29 is 4.79 Å². The van der Waals surface area contributed by atoms with Crippen molar-refractivity contribution in [1.82, 2.24) is 20.1 Å². The first-order chi connectivity index (χ1) is 14.6. The Labute approximate surface area is 176 Å². The molecule has 0 radical (unpaired) electrons. The molecule has 6 nitrogen and oxygen atoms in total. The monoisotopic (exact) mass is 401 g/mol. The molecule has 0 unspecified atom stereocenters. The number of hydrogen-bond donors (Lipinski definition) is 1. The zero-order valence-electron chi connectivity index (χ0n) is 17.5. The maximum absolute atomic E-state index is 12.6. The molecule has 6 heteroatoms. The van der Waals surface area contributed by atoms with Gasteiger partial charge in [-0.25, -0.2) is 4.98 Å². The van der Waals surface area contributed by atoms with Gasteiger partial charge in [-0.1, -0.05) is 30.3 Å². The molecule has 3 aromatic rings. The van der Waals surface area contributed by atoms with Gasteiger partial charge in [0.2, 0.25) is 0 Å². The first kappa shape index (κ1) is 18.9. The minimum absolute atomic E-state index is 0.0150. The molecule has 1 aromatic heterocycles. The number of anilines is 1. The molecule has 1 saturated carbocycles. The Morgan fingerprint density at radius 2 is 1.97 bits per heavy atom. The molecule has 2 aromatic carbocycles. The summed E-state index contributed by atoms with van der Waals surface area (Å²) in [6.07, 6.45) is 3.98. The summed E-state index contributed by atoms with van der Waals surface area (Å²) < 4.78 is 1.90. The molecular formula is C24H27N5O. The Morgan fingerprint density at radius 1 is 1.17 bits per heavy atom. The first-order valence-electron chi connectivity index (χ1n) is 10.7. The molecule has 1 amide bonds. The van der Waals surface area contributed by atoms with Gasteiger partial charge in [-0.3, -0.25) is 9.48 Å². The predicted molar refractivity (Wildman–Crippen MR) is 117 cm³/mol. The van der Waals surface area contributed by atoms with E-state index in [0.29, 0.717) is 6.04 Å². The van der Waals surface area contributed by atoms with E-state index in [1.54, 1.807) is 0 Å². The van der Waals surface area contributed by atoms with Crippen LogP contribution in [-0.4, -0.2) is 33.3 Å². The minimum Gasteiger partial charge on any atom is -0.366 e. The fraction of sp³-hybridized carbons (Fsp3) is 0.375. The smallest absolute Gasteiger partial charge is 0.251 e. The Bertz CT molecular complexity index is 1050. The lowest BCUT2D eigenvalue weighted by Gasteiger charge is -2.20. The number of fused-ring (bicyclic) bond motifs is 1. The van der Waals surface area contributed by atoms with E-state index in [9.17, 15) is 4.79 Å². The number of benzene rings is 2. The number of nitrogens with zero attached hydrogens (tertiary/aromatic N) is 4. The van der Waals surface area contributed by atoms with E-state index in [-0.39, 0.29) is 17.9 Å². The molecule has 1 aliphatic heterocycles. The molecule has 1 aliphatic carbocycles. The molecule has 2 aliphatic rings. The minimum atomic E-state index is 0.0150. The SMILES string of the molecule is CC(C)n1cnc([C@@H]2CN(Cc3ccccc3)c3ccc(C(=O)NC4CC4)cc32)n1. The average Bonchev–Trinajstić information content (AvgIpc) is 3.30. The molecule has 0 bridgehead atoms. The molecule has 0 spiro atoms. The van der Waals surface area contributed by atoms with Crippen LogP contribution < -0.4 is 10.2 Å². The number of rotatable bonds is 6. The summed E-state index contributed by atoms with van der Waals surface area (Å²) in [4.78, 5) is 19.6. The summed E-state index contributed by atoms with van der Waals surface area (Å²) in [5.74, 6) is 0.888. The third-order valence-corrected chi connectivity index (χ3v) is 5.90. The highest BCUT2D eigenvalue weighted by atomic mass is 16.1. The first-order valence-corrected chi connectivity index (χ1v) is 10.7. The summed E-state index contributed by atoms with van der Waals surface area (Å²) >= 11 is 0. The fourth-order valence-electron chi connectivity index (χ4n) is 4.05. The van der Waals surface area contributed by atoms with E-state index in [2.05, 4.69) is 59.4 Å². The fourth-order valence-corrected chi connectivity index (χ4v) is 4.05. The van der Waals surface area contributed by atoms with Crippen molar-refractivity contribution in [3.63, 3.8) is 0 Å². The number of nitrogens with one attached hydrogen (secondary N) is 1. The van der Waals surface area contributed by atoms with Crippen LogP contribution in [0.15, 0.2) is 54.9 Å². The maximum Gasteiger partial charge on any atom is 0.251 e. The third-order valence-electron chi connectivity index (χ3n) is 5.90. The standard InChI is InChI=1S/C24H27N5O/c1-16(2)29-15-25-23(27-29)21-14-28(13-17-6-4-3-5-7-17)22-11-8-18(12-20(21)22)24(30)26-19-9-10-19/h3-8,11-12,15-16,19,21H,9-10,13-14H2,1-2H3,(H,26,30)/t21-/m1/s1. The van der Waals surface area contributed by atoms with Crippen molar-refractivity contribution >= 4 is 11.6 Å². The topological polar surface area (TPSA) is 63.1 Å². The highest BCUT2D eigenvalue weighted by molar-refractivity contribution is 5.95. The Balaban J connectivity index is 1.49. The summed E-state index contributed by atoms with van der Waals surface area (Å²) in [6.45, 7) is 5.83. The second kappa shape index (κ2) is 7.59. The van der Waals surface area contributed by atoms with E-state index in [1.165, 1.54) is 5.56 Å². The Kier molecular flexibility index (Phi) is 4.77. The molecule has 0 saturated heterocycles. The molecule has 154 valence electrons. The molecule has 5 rings (SSSR count). The van der Waals surface area contributed by atoms with E-state index in [1.807, 2.05) is 29.2 Å². The highest BCUT2D eigenvalue weighted by Gasteiger charge is 2.33. The lowest BCUT2D eigenvalue weighted by molar-refractivity contribution is 0.0951. The summed E-state index contributed by atoms with van der Waals surface area (Å²) in [7, 11) is 0. The van der Waals surface area contributed by atoms with Crippen LogP contribution in [-0.2, 0) is 6.54 Å². The number of carbonyl (C=O) groups is 1. The average molecular weight is 402 g/mol. The maximum atomic E-state index is 12.6. The van der Waals surface area contributed by atoms with Crippen LogP contribution in [0.3, 0.4) is 0 Å². The summed E-state index contributed by atoms with van der Waals surface area (Å²) in [5, 5.41) is 7.84. The van der Waals surface area contributed by atoms with Crippen molar-refractivity contribution in [3.8, 4) is 0 Å². The second-order valence-corrected chi connectivity index (χ2v) is 8.62. The normalized spacial score (nSPS) is 18.0. The van der Waals surface area contributed by atoms with E-state index >= 15 is 0 Å². The van der Waals surface area contributed by atoms with Crippen molar-refractivity contribution in [3.05, 3.63) is 77.4 Å². The van der Waals surface area contributed by atoms with Gasteiger partial charge >= 0.3 is 0 Å². The van der Waals surface area contributed by atoms with Gasteiger partial charge in [-0.05, 0) is 56.0 Å². The number of aromatic nitrogens is 3. The van der Waals surface area contributed by atoms with Gasteiger partial charge in [-0.15, -0.1) is 0 Å². The quantitative estimate of drug-likeness (QED) is 0.680. The number of carbonyl (C=O) groups excluding carboxylic acids is 1. The molecule has 30 heavy (non-hydrogen) atoms. The van der Waals surface area contributed by atoms with Crippen LogP contribution in [0.2, 0.25) is 0 Å². The van der Waals surface area contributed by atoms with Gasteiger partial charge in [0.15, 0.2) is 5.82 Å². The van der Waals surface area contributed by atoms with Gasteiger partial charge in [0.1, 0.15) is 6.33 Å². The lowest BCUT2D eigenvalue weighted by atomic mass is 9.98. The van der Waals surface area contributed by atoms with Crippen molar-refractivity contribution in [1.29, 1.82) is 0 Å². The van der Waals surface area contributed by atoms with Crippen LogP contribution in [0, 0.1) is 0 Å². The van der Waals surface area contributed by atoms with E-state index in [4.69, 9.17) is 5.10 Å². The predicted octanol–water partition coefficient (Wildman–Crippen LogP) is 3.90. The highest BCUT2D eigenvalue weighted by Crippen LogP contribution is 2.40. The molecular weight excluding hydrogens is 374 g/mol. The lowest BCUT2D eigenvalue weighted by Crippen LogP contribution is -2.25. The largest absolute Gasteiger partial charge is 0.366 e. The van der Waals surface area contributed by atoms with Crippen LogP contribution >= 0.6 is 0 Å². The Morgan fingerprint density at radius 3 is 2.67 bits per heavy atom. The zero-order valence-corrected chi connectivity index (χ0v) is 17.5. The van der Waals surface area contributed by atoms with E-state index < -0.39 is 0 Å². The molecule has 1 fully saturated rings. The van der Waals surface area contributed by atoms with Crippen LogP contribution in [0.25, 0.3) is 0 Å². The number of amides is 1. The van der Waals surface area contributed by atoms with Crippen LogP contribution in [0.1, 0.15) is 66.0 Å². The van der Waals surface area contributed by atoms with Crippen LogP contribution in [0.5, 0.6) is 0 Å². The van der Waals surface area contributed by atoms with Gasteiger partial charge in [-0.2, -0.15) is 5.10 Å². The molecule has 2 heterocycles. The van der Waals surface area contributed by atoms with Gasteiger partial charge < -0.3 is 10.2 Å². The van der Waals surface area contributed by atoms with Crippen LogP contribution in [0.4, 0.5) is 5.69 Å². The molecule has 1 atom stereocenters. The van der Waals surface area contributed by atoms with Gasteiger partial charge in [0.05, 0.1) is 5.92 Å². The zero-order chi connectivity index (χ0) is 20.7. The van der Waals surface area contributed by atoms with Crippen molar-refractivity contribution in [2.45, 2.75) is 51.2 Å². The second-order valence-electron chi connectivity index (χ2n) is 8.62. The summed E-state index contributed by atoms with van der Waals surface area (Å²) in [6, 6.07) is 17.2. The summed E-state index contributed by atoms with van der Waals surface area (Å²) in [5.41, 5.74) is 4.28. The molecule has 1 N–H and O–H groups in total.